The van der Waals surface area contributed by atoms with Crippen LogP contribution in [0.25, 0.3) is 0 Å². The van der Waals surface area contributed by atoms with Crippen molar-refractivity contribution in [1.29, 1.82) is 0 Å². The molecule has 1 atom stereocenters. The Kier molecular flexibility index (Phi) is 1.67. The summed E-state index contributed by atoms with van der Waals surface area (Å²) in [5.74, 6) is 0.665. The highest BCUT2D eigenvalue weighted by atomic mass is 32.1. The van der Waals surface area contributed by atoms with Crippen LogP contribution in [-0.4, -0.2) is 11.5 Å². The Morgan fingerprint density at radius 1 is 1.54 bits per heavy atom. The molecule has 0 saturated carbocycles. The SMILES string of the molecule is C[C@]1(CS)C(=O)c2c(N)cccc21. The first-order valence-electron chi connectivity index (χ1n) is 4.16. The Hall–Kier alpha value is -0.960. The quantitative estimate of drug-likeness (QED) is 0.526. The number of anilines is 1. The summed E-state index contributed by atoms with van der Waals surface area (Å²) in [4.78, 5) is 11.7. The fourth-order valence-electron chi connectivity index (χ4n) is 1.78. The molecule has 0 aliphatic heterocycles. The first kappa shape index (κ1) is 8.63. The molecule has 1 aliphatic carbocycles. The Bertz CT molecular complexity index is 389. The smallest absolute Gasteiger partial charge is 0.176 e. The third-order valence-corrected chi connectivity index (χ3v) is 3.37. The summed E-state index contributed by atoms with van der Waals surface area (Å²) in [6, 6.07) is 5.58. The standard InChI is InChI=1S/C10H11NOS/c1-10(5-13)6-3-2-4-7(11)8(6)9(10)12/h2-4,13H,5,11H2,1H3/t10-/m1/s1. The fourth-order valence-corrected chi connectivity index (χ4v) is 2.09. The van der Waals surface area contributed by atoms with E-state index in [-0.39, 0.29) is 5.78 Å². The van der Waals surface area contributed by atoms with Crippen molar-refractivity contribution in [2.24, 2.45) is 0 Å². The minimum atomic E-state index is -0.409. The molecule has 68 valence electrons. The Labute approximate surface area is 82.5 Å². The molecule has 0 radical (unpaired) electrons. The van der Waals surface area contributed by atoms with Crippen LogP contribution in [0.1, 0.15) is 22.8 Å². The first-order valence-corrected chi connectivity index (χ1v) is 4.79. The topological polar surface area (TPSA) is 43.1 Å². The summed E-state index contributed by atoms with van der Waals surface area (Å²) in [6.07, 6.45) is 0. The van der Waals surface area contributed by atoms with E-state index in [1.54, 1.807) is 6.07 Å². The molecular weight excluding hydrogens is 182 g/mol. The van der Waals surface area contributed by atoms with Gasteiger partial charge in [-0.3, -0.25) is 4.79 Å². The van der Waals surface area contributed by atoms with Crippen LogP contribution in [0.3, 0.4) is 0 Å². The van der Waals surface area contributed by atoms with Crippen molar-refractivity contribution < 1.29 is 4.79 Å². The average molecular weight is 193 g/mol. The predicted octanol–water partition coefficient (Wildman–Crippen LogP) is 1.65. The van der Waals surface area contributed by atoms with Crippen molar-refractivity contribution in [3.05, 3.63) is 29.3 Å². The lowest BCUT2D eigenvalue weighted by Crippen LogP contribution is -2.45. The molecule has 1 aliphatic rings. The molecule has 13 heavy (non-hydrogen) atoms. The number of nitrogens with two attached hydrogens (primary N) is 1. The molecule has 0 saturated heterocycles. The zero-order valence-electron chi connectivity index (χ0n) is 7.37. The number of carbonyl (C=O) groups is 1. The summed E-state index contributed by atoms with van der Waals surface area (Å²) in [6.45, 7) is 1.91. The predicted molar refractivity (Wildman–Crippen MR) is 56.4 cm³/mol. The van der Waals surface area contributed by atoms with E-state index in [2.05, 4.69) is 12.6 Å². The maximum atomic E-state index is 11.7. The number of thiol groups is 1. The van der Waals surface area contributed by atoms with Crippen molar-refractivity contribution >= 4 is 24.1 Å². The molecule has 0 heterocycles. The van der Waals surface area contributed by atoms with Gasteiger partial charge in [0.2, 0.25) is 0 Å². The second-order valence-electron chi connectivity index (χ2n) is 3.59. The van der Waals surface area contributed by atoms with Crippen molar-refractivity contribution in [2.45, 2.75) is 12.3 Å². The van der Waals surface area contributed by atoms with Gasteiger partial charge in [0.25, 0.3) is 0 Å². The van der Waals surface area contributed by atoms with Gasteiger partial charge in [-0.25, -0.2) is 0 Å². The van der Waals surface area contributed by atoms with E-state index in [0.29, 0.717) is 17.0 Å². The van der Waals surface area contributed by atoms with E-state index < -0.39 is 5.41 Å². The van der Waals surface area contributed by atoms with Crippen LogP contribution in [-0.2, 0) is 5.41 Å². The maximum Gasteiger partial charge on any atom is 0.176 e. The number of nitrogen functional groups attached to an aromatic ring is 1. The van der Waals surface area contributed by atoms with Crippen LogP contribution in [0.5, 0.6) is 0 Å². The molecule has 0 aromatic heterocycles. The van der Waals surface area contributed by atoms with Gasteiger partial charge in [0, 0.05) is 17.0 Å². The van der Waals surface area contributed by atoms with E-state index in [0.717, 1.165) is 5.56 Å². The van der Waals surface area contributed by atoms with Crippen LogP contribution < -0.4 is 5.73 Å². The minimum Gasteiger partial charge on any atom is -0.398 e. The van der Waals surface area contributed by atoms with Gasteiger partial charge >= 0.3 is 0 Å². The maximum absolute atomic E-state index is 11.7. The number of fused-ring (bicyclic) bond motifs is 1. The lowest BCUT2D eigenvalue weighted by molar-refractivity contribution is 0.0871. The van der Waals surface area contributed by atoms with Crippen LogP contribution in [0.2, 0.25) is 0 Å². The van der Waals surface area contributed by atoms with Crippen LogP contribution in [0.15, 0.2) is 18.2 Å². The zero-order chi connectivity index (χ0) is 9.64. The highest BCUT2D eigenvalue weighted by molar-refractivity contribution is 7.80. The van der Waals surface area contributed by atoms with Crippen molar-refractivity contribution in [3.8, 4) is 0 Å². The molecule has 0 bridgehead atoms. The van der Waals surface area contributed by atoms with E-state index in [4.69, 9.17) is 5.73 Å². The molecule has 0 spiro atoms. The van der Waals surface area contributed by atoms with Gasteiger partial charge in [-0.05, 0) is 18.6 Å². The third kappa shape index (κ3) is 0.879. The summed E-state index contributed by atoms with van der Waals surface area (Å²) in [7, 11) is 0. The van der Waals surface area contributed by atoms with Gasteiger partial charge in [0.05, 0.1) is 5.41 Å². The number of carbonyl (C=O) groups excluding carboxylic acids is 1. The van der Waals surface area contributed by atoms with Gasteiger partial charge in [-0.1, -0.05) is 12.1 Å². The van der Waals surface area contributed by atoms with Crippen molar-refractivity contribution in [2.75, 3.05) is 11.5 Å². The summed E-state index contributed by atoms with van der Waals surface area (Å²) < 4.78 is 0. The molecule has 1 aromatic carbocycles. The number of hydrogen-bond donors (Lipinski definition) is 2. The van der Waals surface area contributed by atoms with Gasteiger partial charge in [-0.15, -0.1) is 0 Å². The Morgan fingerprint density at radius 3 is 2.85 bits per heavy atom. The number of hydrogen-bond acceptors (Lipinski definition) is 3. The normalized spacial score (nSPS) is 25.2. The van der Waals surface area contributed by atoms with Crippen LogP contribution in [0, 0.1) is 0 Å². The molecule has 0 fully saturated rings. The van der Waals surface area contributed by atoms with E-state index in [9.17, 15) is 4.79 Å². The molecule has 2 rings (SSSR count). The Morgan fingerprint density at radius 2 is 2.23 bits per heavy atom. The molecule has 2 N–H and O–H groups in total. The molecular formula is C10H11NOS. The van der Waals surface area contributed by atoms with E-state index in [1.165, 1.54) is 0 Å². The monoisotopic (exact) mass is 193 g/mol. The van der Waals surface area contributed by atoms with Gasteiger partial charge < -0.3 is 5.73 Å². The summed E-state index contributed by atoms with van der Waals surface area (Å²) in [5, 5.41) is 0. The lowest BCUT2D eigenvalue weighted by Gasteiger charge is -2.38. The molecule has 0 unspecified atom stereocenters. The van der Waals surface area contributed by atoms with E-state index >= 15 is 0 Å². The molecule has 0 amide bonds. The highest BCUT2D eigenvalue weighted by Crippen LogP contribution is 2.43. The number of ketones is 1. The van der Waals surface area contributed by atoms with Crippen LogP contribution in [0.4, 0.5) is 5.69 Å². The molecule has 2 nitrogen and oxygen atoms in total. The largest absolute Gasteiger partial charge is 0.398 e. The molecule has 3 heteroatoms. The fraction of sp³-hybridized carbons (Fsp3) is 0.300. The molecule has 1 aromatic rings. The Balaban J connectivity index is 2.63. The number of benzene rings is 1. The van der Waals surface area contributed by atoms with E-state index in [1.807, 2.05) is 19.1 Å². The highest BCUT2D eigenvalue weighted by Gasteiger charge is 2.47. The van der Waals surface area contributed by atoms with Crippen molar-refractivity contribution in [3.63, 3.8) is 0 Å². The first-order chi connectivity index (χ1) is 6.11. The summed E-state index contributed by atoms with van der Waals surface area (Å²) >= 11 is 4.19. The minimum absolute atomic E-state index is 0.121. The van der Waals surface area contributed by atoms with Gasteiger partial charge in [-0.2, -0.15) is 12.6 Å². The zero-order valence-corrected chi connectivity index (χ0v) is 8.27. The lowest BCUT2D eigenvalue weighted by atomic mass is 9.65. The third-order valence-electron chi connectivity index (χ3n) is 2.74. The summed E-state index contributed by atoms with van der Waals surface area (Å²) in [5.41, 5.74) is 7.60. The van der Waals surface area contributed by atoms with Crippen molar-refractivity contribution in [1.82, 2.24) is 0 Å². The number of rotatable bonds is 1. The van der Waals surface area contributed by atoms with Gasteiger partial charge in [0.15, 0.2) is 5.78 Å². The second-order valence-corrected chi connectivity index (χ2v) is 3.91. The van der Waals surface area contributed by atoms with Crippen LogP contribution >= 0.6 is 12.6 Å². The number of Topliss-reactive ketones (excluding diaryl/α,β-unsaturated/α-hetero) is 1. The second kappa shape index (κ2) is 2.51. The average Bonchev–Trinajstić information content (AvgIpc) is 2.15. The van der Waals surface area contributed by atoms with Gasteiger partial charge in [0.1, 0.15) is 0 Å².